The standard InChI is InChI=1S/C28H34N2O2/c1-18(31)32-20-12-14-27(2)19(16-20)8-9-21-22-10-11-26(28(22,3)15-13-23(21)27)30-17-29-24-6-4-5-7-25(24)30/h4-8,11,17,20-23H,9-10,12-16H2,1-3H3/t20?,21?,22?,23?,27-,28?/m0/s1. The molecule has 1 heterocycles. The molecule has 0 N–H and O–H groups in total. The summed E-state index contributed by atoms with van der Waals surface area (Å²) in [6.07, 6.45) is 15.1. The van der Waals surface area contributed by atoms with Crippen LogP contribution in [0.3, 0.4) is 0 Å². The van der Waals surface area contributed by atoms with Gasteiger partial charge in [-0.25, -0.2) is 4.98 Å². The third kappa shape index (κ3) is 2.80. The fraction of sp³-hybridized carbons (Fsp3) is 0.571. The number of nitrogens with zero attached hydrogens (tertiary/aromatic N) is 2. The van der Waals surface area contributed by atoms with Gasteiger partial charge < -0.3 is 9.30 Å². The van der Waals surface area contributed by atoms with Crippen LogP contribution in [0.4, 0.5) is 0 Å². The Morgan fingerprint density at radius 2 is 1.88 bits per heavy atom. The van der Waals surface area contributed by atoms with Gasteiger partial charge in [0.2, 0.25) is 0 Å². The molecule has 4 aliphatic rings. The van der Waals surface area contributed by atoms with E-state index in [4.69, 9.17) is 4.74 Å². The van der Waals surface area contributed by atoms with Gasteiger partial charge in [0.15, 0.2) is 0 Å². The number of hydrogen-bond donors (Lipinski definition) is 0. The number of carbonyl (C=O) groups is 1. The van der Waals surface area contributed by atoms with E-state index in [0.717, 1.165) is 36.6 Å². The third-order valence-electron chi connectivity index (χ3n) is 9.64. The number of para-hydroxylation sites is 2. The highest BCUT2D eigenvalue weighted by Crippen LogP contribution is 2.65. The Hall–Kier alpha value is -2.36. The molecule has 4 nitrogen and oxygen atoms in total. The number of imidazole rings is 1. The van der Waals surface area contributed by atoms with Crippen molar-refractivity contribution in [3.05, 3.63) is 48.3 Å². The van der Waals surface area contributed by atoms with Gasteiger partial charge in [-0.15, -0.1) is 0 Å². The van der Waals surface area contributed by atoms with Crippen LogP contribution in [-0.2, 0) is 9.53 Å². The van der Waals surface area contributed by atoms with Crippen molar-refractivity contribution in [2.45, 2.75) is 71.8 Å². The summed E-state index contributed by atoms with van der Waals surface area (Å²) >= 11 is 0. The van der Waals surface area contributed by atoms with Crippen LogP contribution in [0.25, 0.3) is 16.7 Å². The predicted octanol–water partition coefficient (Wildman–Crippen LogP) is 6.38. The Morgan fingerprint density at radius 3 is 2.72 bits per heavy atom. The molecule has 0 bridgehead atoms. The van der Waals surface area contributed by atoms with Crippen LogP contribution < -0.4 is 0 Å². The van der Waals surface area contributed by atoms with Crippen molar-refractivity contribution >= 4 is 22.7 Å². The molecular formula is C28H34N2O2. The number of benzene rings is 1. The van der Waals surface area contributed by atoms with Crippen molar-refractivity contribution in [2.75, 3.05) is 0 Å². The quantitative estimate of drug-likeness (QED) is 0.410. The van der Waals surface area contributed by atoms with Gasteiger partial charge in [-0.3, -0.25) is 4.79 Å². The van der Waals surface area contributed by atoms with E-state index in [1.807, 2.05) is 6.33 Å². The Labute approximate surface area is 190 Å². The molecule has 1 aromatic heterocycles. The molecule has 32 heavy (non-hydrogen) atoms. The second-order valence-electron chi connectivity index (χ2n) is 11.1. The second-order valence-corrected chi connectivity index (χ2v) is 11.1. The van der Waals surface area contributed by atoms with E-state index < -0.39 is 0 Å². The first-order chi connectivity index (χ1) is 15.4. The molecule has 0 spiro atoms. The summed E-state index contributed by atoms with van der Waals surface area (Å²) in [5, 5.41) is 0. The summed E-state index contributed by atoms with van der Waals surface area (Å²) in [7, 11) is 0. The van der Waals surface area contributed by atoms with Crippen LogP contribution in [0.2, 0.25) is 0 Å². The Bertz CT molecular complexity index is 1140. The molecule has 2 aromatic rings. The number of carbonyl (C=O) groups excluding carboxylic acids is 1. The molecule has 5 unspecified atom stereocenters. The van der Waals surface area contributed by atoms with Gasteiger partial charge in [0.25, 0.3) is 0 Å². The maximum atomic E-state index is 11.5. The Morgan fingerprint density at radius 1 is 1.06 bits per heavy atom. The number of aromatic nitrogens is 2. The van der Waals surface area contributed by atoms with Crippen molar-refractivity contribution in [1.82, 2.24) is 9.55 Å². The average Bonchev–Trinajstić information content (AvgIpc) is 3.34. The second kappa shape index (κ2) is 7.07. The van der Waals surface area contributed by atoms with Gasteiger partial charge in [-0.2, -0.15) is 0 Å². The van der Waals surface area contributed by atoms with Gasteiger partial charge in [-0.1, -0.05) is 43.7 Å². The summed E-state index contributed by atoms with van der Waals surface area (Å²) in [5.41, 5.74) is 5.81. The van der Waals surface area contributed by atoms with Crippen LogP contribution in [-0.4, -0.2) is 21.6 Å². The van der Waals surface area contributed by atoms with E-state index in [-0.39, 0.29) is 22.9 Å². The molecule has 0 aliphatic heterocycles. The first kappa shape index (κ1) is 20.3. The van der Waals surface area contributed by atoms with Crippen LogP contribution >= 0.6 is 0 Å². The molecule has 168 valence electrons. The summed E-state index contributed by atoms with van der Waals surface area (Å²) in [6, 6.07) is 8.50. The number of hydrogen-bond acceptors (Lipinski definition) is 3. The van der Waals surface area contributed by atoms with Gasteiger partial charge in [-0.05, 0) is 73.8 Å². The van der Waals surface area contributed by atoms with Gasteiger partial charge >= 0.3 is 5.97 Å². The third-order valence-corrected chi connectivity index (χ3v) is 9.64. The SMILES string of the molecule is CC(=O)OC1CC[C@@]2(C)C(=CCC3C4CC=C(n5cnc6ccccc65)C4(C)CCC32)C1. The van der Waals surface area contributed by atoms with Crippen LogP contribution in [0.15, 0.2) is 48.3 Å². The van der Waals surface area contributed by atoms with Crippen molar-refractivity contribution < 1.29 is 9.53 Å². The normalized spacial score (nSPS) is 38.3. The fourth-order valence-corrected chi connectivity index (χ4v) is 8.03. The van der Waals surface area contributed by atoms with Crippen molar-refractivity contribution in [1.29, 1.82) is 0 Å². The maximum Gasteiger partial charge on any atom is 0.302 e. The largest absolute Gasteiger partial charge is 0.462 e. The fourth-order valence-electron chi connectivity index (χ4n) is 8.03. The number of ether oxygens (including phenoxy) is 1. The number of allylic oxidation sites excluding steroid dienone is 3. The zero-order valence-electron chi connectivity index (χ0n) is 19.5. The number of rotatable bonds is 2. The summed E-state index contributed by atoms with van der Waals surface area (Å²) in [5.74, 6) is 2.03. The van der Waals surface area contributed by atoms with Crippen LogP contribution in [0.5, 0.6) is 0 Å². The Kier molecular flexibility index (Phi) is 4.48. The molecule has 1 aromatic carbocycles. The monoisotopic (exact) mass is 430 g/mol. The van der Waals surface area contributed by atoms with E-state index >= 15 is 0 Å². The van der Waals surface area contributed by atoms with Crippen LogP contribution in [0, 0.1) is 28.6 Å². The van der Waals surface area contributed by atoms with E-state index in [2.05, 4.69) is 59.8 Å². The Balaban J connectivity index is 1.30. The summed E-state index contributed by atoms with van der Waals surface area (Å²) in [4.78, 5) is 16.2. The smallest absolute Gasteiger partial charge is 0.302 e. The van der Waals surface area contributed by atoms with E-state index in [1.54, 1.807) is 5.57 Å². The molecule has 0 amide bonds. The van der Waals surface area contributed by atoms with Crippen molar-refractivity contribution in [3.63, 3.8) is 0 Å². The lowest BCUT2D eigenvalue weighted by Gasteiger charge is -2.57. The minimum Gasteiger partial charge on any atom is -0.462 e. The maximum absolute atomic E-state index is 11.5. The zero-order valence-corrected chi connectivity index (χ0v) is 19.5. The highest BCUT2D eigenvalue weighted by atomic mass is 16.5. The first-order valence-corrected chi connectivity index (χ1v) is 12.4. The summed E-state index contributed by atoms with van der Waals surface area (Å²) in [6.45, 7) is 6.56. The number of esters is 1. The molecular weight excluding hydrogens is 396 g/mol. The molecule has 2 saturated carbocycles. The lowest BCUT2D eigenvalue weighted by Crippen LogP contribution is -2.50. The molecule has 4 heteroatoms. The highest BCUT2D eigenvalue weighted by molar-refractivity contribution is 5.80. The number of fused-ring (bicyclic) bond motifs is 6. The molecule has 6 atom stereocenters. The van der Waals surface area contributed by atoms with Gasteiger partial charge in [0, 0.05) is 24.5 Å². The average molecular weight is 431 g/mol. The molecule has 6 rings (SSSR count). The van der Waals surface area contributed by atoms with E-state index in [1.165, 1.54) is 43.8 Å². The van der Waals surface area contributed by atoms with Crippen LogP contribution in [0.1, 0.15) is 65.7 Å². The highest BCUT2D eigenvalue weighted by Gasteiger charge is 2.57. The molecule has 0 saturated heterocycles. The molecule has 2 fully saturated rings. The van der Waals surface area contributed by atoms with Gasteiger partial charge in [0.1, 0.15) is 12.4 Å². The van der Waals surface area contributed by atoms with Crippen molar-refractivity contribution in [2.24, 2.45) is 28.6 Å². The lowest BCUT2D eigenvalue weighted by molar-refractivity contribution is -0.148. The molecule has 0 radical (unpaired) electrons. The first-order valence-electron chi connectivity index (χ1n) is 12.4. The van der Waals surface area contributed by atoms with Gasteiger partial charge in [0.05, 0.1) is 11.0 Å². The molecule has 4 aliphatic carbocycles. The minimum absolute atomic E-state index is 0.0755. The zero-order chi connectivity index (χ0) is 22.1. The lowest BCUT2D eigenvalue weighted by atomic mass is 9.47. The van der Waals surface area contributed by atoms with E-state index in [9.17, 15) is 4.79 Å². The van der Waals surface area contributed by atoms with E-state index in [0.29, 0.717) is 5.92 Å². The van der Waals surface area contributed by atoms with Crippen molar-refractivity contribution in [3.8, 4) is 0 Å². The summed E-state index contributed by atoms with van der Waals surface area (Å²) < 4.78 is 7.97. The minimum atomic E-state index is -0.141. The topological polar surface area (TPSA) is 44.1 Å². The predicted molar refractivity (Wildman–Crippen MR) is 127 cm³/mol.